The van der Waals surface area contributed by atoms with Gasteiger partial charge in [-0.15, -0.1) is 0 Å². The van der Waals surface area contributed by atoms with Crippen molar-refractivity contribution in [1.29, 1.82) is 0 Å². The number of fused-ring (bicyclic) bond motifs is 2. The normalized spacial score (nSPS) is 22.8. The molecule has 1 atom stereocenters. The van der Waals surface area contributed by atoms with Crippen molar-refractivity contribution in [2.24, 2.45) is 0 Å². The number of carbonyl (C=O) groups excluding carboxylic acids is 1. The van der Waals surface area contributed by atoms with Crippen LogP contribution in [0.4, 0.5) is 0 Å². The lowest BCUT2D eigenvalue weighted by atomic mass is 10.2. The Morgan fingerprint density at radius 2 is 2.05 bits per heavy atom. The summed E-state index contributed by atoms with van der Waals surface area (Å²) in [4.78, 5) is 20.7. The van der Waals surface area contributed by atoms with Gasteiger partial charge in [0.1, 0.15) is 5.69 Å². The van der Waals surface area contributed by atoms with E-state index in [1.54, 1.807) is 0 Å². The summed E-state index contributed by atoms with van der Waals surface area (Å²) in [6.07, 6.45) is 3.57. The largest absolute Gasteiger partial charge is 0.350 e. The van der Waals surface area contributed by atoms with E-state index in [1.165, 1.54) is 19.4 Å². The Morgan fingerprint density at radius 3 is 2.95 bits per heavy atom. The summed E-state index contributed by atoms with van der Waals surface area (Å²) in [5.41, 5.74) is 1.72. The summed E-state index contributed by atoms with van der Waals surface area (Å²) in [6, 6.07) is 8.60. The van der Waals surface area contributed by atoms with Crippen LogP contribution in [0.2, 0.25) is 0 Å². The molecule has 1 aromatic carbocycles. The minimum Gasteiger partial charge on any atom is -0.350 e. The van der Waals surface area contributed by atoms with Crippen LogP contribution >= 0.6 is 15.9 Å². The predicted molar refractivity (Wildman–Crippen MR) is 91.1 cm³/mol. The fourth-order valence-electron chi connectivity index (χ4n) is 3.78. The SMILES string of the molecule is O=C(c1cc2ccc(Br)cc2[nH]1)N1CCCN2CCC[C@@H]2C1. The first-order valence-electron chi connectivity index (χ1n) is 8.02. The number of aromatic nitrogens is 1. The molecule has 0 saturated carbocycles. The third kappa shape index (κ3) is 2.57. The van der Waals surface area contributed by atoms with Gasteiger partial charge in [0.05, 0.1) is 0 Å². The number of benzene rings is 1. The van der Waals surface area contributed by atoms with Crippen LogP contribution in [0.25, 0.3) is 10.9 Å². The second-order valence-electron chi connectivity index (χ2n) is 6.35. The minimum absolute atomic E-state index is 0.140. The molecule has 0 spiro atoms. The van der Waals surface area contributed by atoms with Crippen LogP contribution in [-0.2, 0) is 0 Å². The fourth-order valence-corrected chi connectivity index (χ4v) is 4.14. The van der Waals surface area contributed by atoms with E-state index in [-0.39, 0.29) is 5.91 Å². The highest BCUT2D eigenvalue weighted by Gasteiger charge is 2.31. The number of rotatable bonds is 1. The Balaban J connectivity index is 1.59. The molecule has 0 radical (unpaired) electrons. The van der Waals surface area contributed by atoms with Crippen molar-refractivity contribution < 1.29 is 4.79 Å². The Kier molecular flexibility index (Phi) is 3.70. The van der Waals surface area contributed by atoms with Crippen LogP contribution in [-0.4, -0.2) is 52.9 Å². The molecular formula is C17H20BrN3O. The molecule has 2 saturated heterocycles. The quantitative estimate of drug-likeness (QED) is 0.846. The summed E-state index contributed by atoms with van der Waals surface area (Å²) in [6.45, 7) is 4.07. The number of nitrogens with one attached hydrogen (secondary N) is 1. The van der Waals surface area contributed by atoms with E-state index >= 15 is 0 Å². The van der Waals surface area contributed by atoms with Gasteiger partial charge in [0.25, 0.3) is 5.91 Å². The van der Waals surface area contributed by atoms with Crippen molar-refractivity contribution in [3.8, 4) is 0 Å². The highest BCUT2D eigenvalue weighted by molar-refractivity contribution is 9.10. The topological polar surface area (TPSA) is 39.3 Å². The van der Waals surface area contributed by atoms with Crippen molar-refractivity contribution in [2.45, 2.75) is 25.3 Å². The van der Waals surface area contributed by atoms with E-state index in [4.69, 9.17) is 0 Å². The van der Waals surface area contributed by atoms with Crippen LogP contribution in [0, 0.1) is 0 Å². The lowest BCUT2D eigenvalue weighted by Crippen LogP contribution is -2.39. The molecule has 116 valence electrons. The summed E-state index contributed by atoms with van der Waals surface area (Å²) in [7, 11) is 0. The fraction of sp³-hybridized carbons (Fsp3) is 0.471. The van der Waals surface area contributed by atoms with Crippen molar-refractivity contribution >= 4 is 32.7 Å². The molecule has 1 amide bonds. The van der Waals surface area contributed by atoms with Crippen molar-refractivity contribution in [3.05, 3.63) is 34.4 Å². The first-order valence-corrected chi connectivity index (χ1v) is 8.81. The van der Waals surface area contributed by atoms with Gasteiger partial charge in [-0.1, -0.05) is 22.0 Å². The van der Waals surface area contributed by atoms with Gasteiger partial charge >= 0.3 is 0 Å². The Hall–Kier alpha value is -1.33. The summed E-state index contributed by atoms with van der Waals surface area (Å²) in [5, 5.41) is 1.09. The molecule has 1 N–H and O–H groups in total. The molecule has 2 aliphatic rings. The smallest absolute Gasteiger partial charge is 0.270 e. The van der Waals surface area contributed by atoms with Gasteiger partial charge in [0, 0.05) is 41.1 Å². The average molecular weight is 362 g/mol. The van der Waals surface area contributed by atoms with Gasteiger partial charge in [0.15, 0.2) is 0 Å². The van der Waals surface area contributed by atoms with Crippen molar-refractivity contribution in [2.75, 3.05) is 26.2 Å². The highest BCUT2D eigenvalue weighted by Crippen LogP contribution is 2.24. The van der Waals surface area contributed by atoms with E-state index in [0.29, 0.717) is 11.7 Å². The third-order valence-corrected chi connectivity index (χ3v) is 5.40. The van der Waals surface area contributed by atoms with Crippen LogP contribution in [0.3, 0.4) is 0 Å². The van der Waals surface area contributed by atoms with E-state index in [1.807, 2.05) is 29.2 Å². The maximum Gasteiger partial charge on any atom is 0.270 e. The zero-order valence-corrected chi connectivity index (χ0v) is 14.1. The first kappa shape index (κ1) is 14.3. The standard InChI is InChI=1S/C17H20BrN3O/c18-13-5-4-12-9-16(19-15(12)10-13)17(22)21-8-2-7-20-6-1-3-14(20)11-21/h4-5,9-10,14,19H,1-3,6-8,11H2/t14-/m1/s1. The summed E-state index contributed by atoms with van der Waals surface area (Å²) >= 11 is 3.48. The van der Waals surface area contributed by atoms with E-state index < -0.39 is 0 Å². The van der Waals surface area contributed by atoms with Crippen LogP contribution in [0.1, 0.15) is 29.8 Å². The first-order chi connectivity index (χ1) is 10.7. The number of hydrogen-bond donors (Lipinski definition) is 1. The van der Waals surface area contributed by atoms with Gasteiger partial charge in [-0.25, -0.2) is 0 Å². The number of hydrogen-bond acceptors (Lipinski definition) is 2. The predicted octanol–water partition coefficient (Wildman–Crippen LogP) is 3.24. The average Bonchev–Trinajstić information content (AvgIpc) is 3.07. The maximum atomic E-state index is 12.9. The molecule has 0 aliphatic carbocycles. The Labute approximate surface area is 138 Å². The van der Waals surface area contributed by atoms with Gasteiger partial charge in [-0.3, -0.25) is 9.69 Å². The maximum absolute atomic E-state index is 12.9. The van der Waals surface area contributed by atoms with Crippen molar-refractivity contribution in [1.82, 2.24) is 14.8 Å². The van der Waals surface area contributed by atoms with Gasteiger partial charge in [0.2, 0.25) is 0 Å². The van der Waals surface area contributed by atoms with Gasteiger partial charge in [-0.05, 0) is 44.0 Å². The lowest BCUT2D eigenvalue weighted by Gasteiger charge is -2.25. The molecule has 1 aromatic heterocycles. The molecule has 4 nitrogen and oxygen atoms in total. The molecular weight excluding hydrogens is 342 g/mol. The molecule has 2 aromatic rings. The molecule has 4 rings (SSSR count). The van der Waals surface area contributed by atoms with Crippen LogP contribution in [0.5, 0.6) is 0 Å². The number of aromatic amines is 1. The molecule has 2 aliphatic heterocycles. The minimum atomic E-state index is 0.140. The molecule has 0 unspecified atom stereocenters. The van der Waals surface area contributed by atoms with Crippen molar-refractivity contribution in [3.63, 3.8) is 0 Å². The molecule has 0 bridgehead atoms. The van der Waals surface area contributed by atoms with E-state index in [9.17, 15) is 4.79 Å². The monoisotopic (exact) mass is 361 g/mol. The number of H-pyrrole nitrogens is 1. The molecule has 2 fully saturated rings. The molecule has 3 heterocycles. The Morgan fingerprint density at radius 1 is 1.18 bits per heavy atom. The van der Waals surface area contributed by atoms with E-state index in [2.05, 4.69) is 25.8 Å². The number of nitrogens with zero attached hydrogens (tertiary/aromatic N) is 2. The zero-order chi connectivity index (χ0) is 15.1. The highest BCUT2D eigenvalue weighted by atomic mass is 79.9. The van der Waals surface area contributed by atoms with Crippen LogP contribution < -0.4 is 0 Å². The summed E-state index contributed by atoms with van der Waals surface area (Å²) < 4.78 is 1.03. The number of halogens is 1. The van der Waals surface area contributed by atoms with E-state index in [0.717, 1.165) is 41.4 Å². The third-order valence-electron chi connectivity index (χ3n) is 4.91. The van der Waals surface area contributed by atoms with Gasteiger partial charge in [-0.2, -0.15) is 0 Å². The molecule has 5 heteroatoms. The summed E-state index contributed by atoms with van der Waals surface area (Å²) in [5.74, 6) is 0.140. The second-order valence-corrected chi connectivity index (χ2v) is 7.27. The number of amides is 1. The zero-order valence-electron chi connectivity index (χ0n) is 12.5. The van der Waals surface area contributed by atoms with Gasteiger partial charge < -0.3 is 9.88 Å². The number of carbonyl (C=O) groups is 1. The molecule has 22 heavy (non-hydrogen) atoms. The Bertz CT molecular complexity index is 711. The lowest BCUT2D eigenvalue weighted by molar-refractivity contribution is 0.0738. The van der Waals surface area contributed by atoms with Crippen LogP contribution in [0.15, 0.2) is 28.7 Å². The second kappa shape index (κ2) is 5.70.